The number of aliphatic hydroxyl groups is 1. The van der Waals surface area contributed by atoms with Gasteiger partial charge in [0.25, 0.3) is 0 Å². The van der Waals surface area contributed by atoms with Gasteiger partial charge in [0, 0.05) is 12.3 Å². The maximum absolute atomic E-state index is 12.5. The van der Waals surface area contributed by atoms with Gasteiger partial charge >= 0.3 is 11.9 Å². The summed E-state index contributed by atoms with van der Waals surface area (Å²) in [5.74, 6) is -0.132. The number of carbonyl (C=O) groups is 2. The molecule has 0 aromatic rings. The minimum atomic E-state index is -0.819. The third kappa shape index (κ3) is 3.44. The Kier molecular flexibility index (Phi) is 5.50. The number of aliphatic hydroxyl groups excluding tert-OH is 1. The standard InChI is InChI=1S/C18H28O5/c1-5-22-17(21)14-7-6-13(11(2)3)18(14)9-8-15(20)16(10-18)23-12(4)19/h8-9,11,13-16,20H,5-7,10H2,1-4H3/t13-,14+,15+,16-,18+/m0/s1. The highest BCUT2D eigenvalue weighted by Gasteiger charge is 2.56. The SMILES string of the molecule is CCOC(=O)[C@H]1CC[C@@H](C(C)C)[C@]12C=C[C@@H](O)[C@@H](OC(C)=O)C2. The fourth-order valence-corrected chi connectivity index (χ4v) is 4.47. The molecule has 0 aromatic carbocycles. The quantitative estimate of drug-likeness (QED) is 0.635. The molecule has 2 aliphatic carbocycles. The average Bonchev–Trinajstić information content (AvgIpc) is 2.82. The summed E-state index contributed by atoms with van der Waals surface area (Å²) in [6.45, 7) is 7.81. The van der Waals surface area contributed by atoms with Crippen molar-refractivity contribution in [1.29, 1.82) is 0 Å². The lowest BCUT2D eigenvalue weighted by atomic mass is 9.62. The van der Waals surface area contributed by atoms with Gasteiger partial charge in [-0.1, -0.05) is 26.0 Å². The second kappa shape index (κ2) is 7.04. The van der Waals surface area contributed by atoms with Crippen molar-refractivity contribution < 1.29 is 24.2 Å². The van der Waals surface area contributed by atoms with Crippen LogP contribution < -0.4 is 0 Å². The number of hydrogen-bond acceptors (Lipinski definition) is 5. The summed E-state index contributed by atoms with van der Waals surface area (Å²) in [6, 6.07) is 0. The van der Waals surface area contributed by atoms with Crippen LogP contribution in [0.4, 0.5) is 0 Å². The summed E-state index contributed by atoms with van der Waals surface area (Å²) in [6.07, 6.45) is 4.43. The molecule has 0 bridgehead atoms. The third-order valence-corrected chi connectivity index (χ3v) is 5.34. The molecule has 0 heterocycles. The van der Waals surface area contributed by atoms with Crippen molar-refractivity contribution >= 4 is 11.9 Å². The fraction of sp³-hybridized carbons (Fsp3) is 0.778. The first kappa shape index (κ1) is 18.0. The van der Waals surface area contributed by atoms with Crippen LogP contribution in [0.5, 0.6) is 0 Å². The second-order valence-corrected chi connectivity index (χ2v) is 7.05. The zero-order chi connectivity index (χ0) is 17.2. The van der Waals surface area contributed by atoms with Crippen LogP contribution in [0.3, 0.4) is 0 Å². The van der Waals surface area contributed by atoms with Crippen LogP contribution in [-0.4, -0.2) is 35.9 Å². The van der Waals surface area contributed by atoms with E-state index in [1.807, 2.05) is 13.0 Å². The maximum Gasteiger partial charge on any atom is 0.309 e. The highest BCUT2D eigenvalue weighted by molar-refractivity contribution is 5.74. The molecule has 0 amide bonds. The van der Waals surface area contributed by atoms with Gasteiger partial charge in [-0.2, -0.15) is 0 Å². The number of rotatable bonds is 4. The summed E-state index contributed by atoms with van der Waals surface area (Å²) in [4.78, 5) is 23.8. The highest BCUT2D eigenvalue weighted by atomic mass is 16.6. The Morgan fingerprint density at radius 2 is 2.04 bits per heavy atom. The molecule has 0 aliphatic heterocycles. The van der Waals surface area contributed by atoms with Crippen molar-refractivity contribution in [3.05, 3.63) is 12.2 Å². The Hall–Kier alpha value is -1.36. The van der Waals surface area contributed by atoms with Crippen molar-refractivity contribution in [2.24, 2.45) is 23.2 Å². The highest BCUT2D eigenvalue weighted by Crippen LogP contribution is 2.57. The summed E-state index contributed by atoms with van der Waals surface area (Å²) in [5, 5.41) is 10.1. The zero-order valence-corrected chi connectivity index (χ0v) is 14.5. The minimum Gasteiger partial charge on any atom is -0.466 e. The fourth-order valence-electron chi connectivity index (χ4n) is 4.47. The van der Waals surface area contributed by atoms with Crippen LogP contribution in [0.2, 0.25) is 0 Å². The normalized spacial score (nSPS) is 36.4. The molecule has 2 rings (SSSR count). The maximum atomic E-state index is 12.5. The van der Waals surface area contributed by atoms with E-state index in [0.717, 1.165) is 12.8 Å². The molecule has 0 saturated heterocycles. The van der Waals surface area contributed by atoms with Crippen molar-refractivity contribution in [2.75, 3.05) is 6.61 Å². The van der Waals surface area contributed by atoms with Crippen molar-refractivity contribution in [3.63, 3.8) is 0 Å². The summed E-state index contributed by atoms with van der Waals surface area (Å²) >= 11 is 0. The van der Waals surface area contributed by atoms with Crippen LogP contribution in [0.25, 0.3) is 0 Å². The molecule has 5 nitrogen and oxygen atoms in total. The van der Waals surface area contributed by atoms with E-state index >= 15 is 0 Å². The largest absolute Gasteiger partial charge is 0.466 e. The van der Waals surface area contributed by atoms with Crippen molar-refractivity contribution in [2.45, 2.75) is 59.2 Å². The minimum absolute atomic E-state index is 0.182. The van der Waals surface area contributed by atoms with E-state index in [4.69, 9.17) is 9.47 Å². The van der Waals surface area contributed by atoms with Gasteiger partial charge in [0.1, 0.15) is 12.2 Å². The number of hydrogen-bond donors (Lipinski definition) is 1. The monoisotopic (exact) mass is 324 g/mol. The number of allylic oxidation sites excluding steroid dienone is 1. The lowest BCUT2D eigenvalue weighted by Gasteiger charge is -2.44. The van der Waals surface area contributed by atoms with E-state index in [1.165, 1.54) is 6.92 Å². The van der Waals surface area contributed by atoms with Gasteiger partial charge in [0.2, 0.25) is 0 Å². The molecule has 0 unspecified atom stereocenters. The molecule has 2 aliphatic rings. The molecule has 5 atom stereocenters. The first-order chi connectivity index (χ1) is 10.8. The zero-order valence-electron chi connectivity index (χ0n) is 14.5. The molecule has 1 saturated carbocycles. The van der Waals surface area contributed by atoms with Gasteiger partial charge in [-0.3, -0.25) is 9.59 Å². The summed E-state index contributed by atoms with van der Waals surface area (Å²) < 4.78 is 10.6. The molecule has 23 heavy (non-hydrogen) atoms. The molecule has 1 N–H and O–H groups in total. The summed E-state index contributed by atoms with van der Waals surface area (Å²) in [7, 11) is 0. The van der Waals surface area contributed by atoms with Crippen LogP contribution in [0.15, 0.2) is 12.2 Å². The first-order valence-corrected chi connectivity index (χ1v) is 8.53. The van der Waals surface area contributed by atoms with Crippen molar-refractivity contribution in [1.82, 2.24) is 0 Å². The molecule has 1 spiro atoms. The number of carbonyl (C=O) groups excluding carboxylic acids is 2. The van der Waals surface area contributed by atoms with Crippen LogP contribution in [0, 0.1) is 23.2 Å². The predicted molar refractivity (Wildman–Crippen MR) is 85.4 cm³/mol. The van der Waals surface area contributed by atoms with Gasteiger partial charge in [0.05, 0.1) is 12.5 Å². The van der Waals surface area contributed by atoms with E-state index in [2.05, 4.69) is 13.8 Å². The number of esters is 2. The van der Waals surface area contributed by atoms with E-state index in [1.54, 1.807) is 6.08 Å². The molecular formula is C18H28O5. The van der Waals surface area contributed by atoms with Gasteiger partial charge in [0.15, 0.2) is 0 Å². The Morgan fingerprint density at radius 1 is 1.35 bits per heavy atom. The van der Waals surface area contributed by atoms with E-state index in [9.17, 15) is 14.7 Å². The van der Waals surface area contributed by atoms with Crippen LogP contribution in [-0.2, 0) is 19.1 Å². The van der Waals surface area contributed by atoms with Gasteiger partial charge in [-0.25, -0.2) is 0 Å². The average molecular weight is 324 g/mol. The van der Waals surface area contributed by atoms with Crippen LogP contribution >= 0.6 is 0 Å². The first-order valence-electron chi connectivity index (χ1n) is 8.53. The Bertz CT molecular complexity index is 484. The molecule has 0 radical (unpaired) electrons. The van der Waals surface area contributed by atoms with E-state index < -0.39 is 23.6 Å². The number of ether oxygens (including phenoxy) is 2. The van der Waals surface area contributed by atoms with Crippen molar-refractivity contribution in [3.8, 4) is 0 Å². The molecule has 1 fully saturated rings. The van der Waals surface area contributed by atoms with Gasteiger partial charge in [-0.05, 0) is 38.0 Å². The third-order valence-electron chi connectivity index (χ3n) is 5.34. The molecule has 5 heteroatoms. The van der Waals surface area contributed by atoms with Gasteiger partial charge in [-0.15, -0.1) is 0 Å². The lowest BCUT2D eigenvalue weighted by molar-refractivity contribution is -0.159. The second-order valence-electron chi connectivity index (χ2n) is 7.05. The smallest absolute Gasteiger partial charge is 0.309 e. The molecular weight excluding hydrogens is 296 g/mol. The van der Waals surface area contributed by atoms with Gasteiger partial charge < -0.3 is 14.6 Å². The van der Waals surface area contributed by atoms with E-state index in [0.29, 0.717) is 24.9 Å². The Morgan fingerprint density at radius 3 is 2.61 bits per heavy atom. The molecule has 0 aromatic heterocycles. The lowest BCUT2D eigenvalue weighted by Crippen LogP contribution is -2.46. The molecule has 130 valence electrons. The Labute approximate surface area is 138 Å². The summed E-state index contributed by atoms with van der Waals surface area (Å²) in [5.41, 5.74) is -0.403. The topological polar surface area (TPSA) is 72.8 Å². The Balaban J connectivity index is 2.36. The van der Waals surface area contributed by atoms with Crippen LogP contribution in [0.1, 0.15) is 47.0 Å². The van der Waals surface area contributed by atoms with E-state index in [-0.39, 0.29) is 11.9 Å². The predicted octanol–water partition coefficient (Wildman–Crippen LogP) is 2.47.